The smallest absolute Gasteiger partial charge is 0.294 e. The first-order valence-corrected chi connectivity index (χ1v) is 7.88. The van der Waals surface area contributed by atoms with Crippen molar-refractivity contribution in [3.63, 3.8) is 0 Å². The Labute approximate surface area is 139 Å². The molecule has 3 heterocycles. The third-order valence-electron chi connectivity index (χ3n) is 3.58. The second-order valence-corrected chi connectivity index (χ2v) is 6.13. The molecular weight excluding hydrogens is 341 g/mol. The largest absolute Gasteiger partial charge is 0.435 e. The molecule has 3 aromatic heterocycles. The molecule has 0 radical (unpaired) electrons. The van der Waals surface area contributed by atoms with Crippen molar-refractivity contribution < 1.29 is 18.0 Å². The maximum absolute atomic E-state index is 12.6. The number of aryl methyl sites for hydroxylation is 1. The van der Waals surface area contributed by atoms with E-state index in [1.165, 1.54) is 11.3 Å². The quantitative estimate of drug-likeness (QED) is 0.672. The van der Waals surface area contributed by atoms with E-state index >= 15 is 0 Å². The molecule has 9 heteroatoms. The van der Waals surface area contributed by atoms with Gasteiger partial charge in [-0.05, 0) is 26.0 Å². The van der Waals surface area contributed by atoms with Gasteiger partial charge in [0.15, 0.2) is 16.6 Å². The third kappa shape index (κ3) is 2.99. The fourth-order valence-corrected chi connectivity index (χ4v) is 3.25. The molecule has 0 bridgehead atoms. The van der Waals surface area contributed by atoms with Crippen LogP contribution in [-0.4, -0.2) is 25.1 Å². The molecule has 0 fully saturated rings. The summed E-state index contributed by atoms with van der Waals surface area (Å²) in [6.45, 7) is 3.38. The Hall–Kier alpha value is -2.42. The first-order valence-electron chi connectivity index (χ1n) is 7.00. The molecule has 0 spiro atoms. The number of thiazole rings is 1. The molecule has 0 aliphatic heterocycles. The van der Waals surface area contributed by atoms with E-state index in [4.69, 9.17) is 0 Å². The number of aromatic nitrogens is 4. The van der Waals surface area contributed by atoms with Crippen molar-refractivity contribution in [2.24, 2.45) is 0 Å². The van der Waals surface area contributed by atoms with Crippen molar-refractivity contribution in [1.82, 2.24) is 19.3 Å². The summed E-state index contributed by atoms with van der Waals surface area (Å²) in [6.07, 6.45) is -1.70. The monoisotopic (exact) mass is 354 g/mol. The number of alkyl halides is 3. The molecule has 0 saturated carbocycles. The lowest BCUT2D eigenvalue weighted by molar-refractivity contribution is -0.141. The summed E-state index contributed by atoms with van der Waals surface area (Å²) in [5, 5.41) is 5.98. The average Bonchev–Trinajstić information content (AvgIpc) is 3.19. The highest BCUT2D eigenvalue weighted by Gasteiger charge is 2.33. The number of hydrogen-bond acceptors (Lipinski definition) is 4. The van der Waals surface area contributed by atoms with Gasteiger partial charge in [-0.15, -0.1) is 11.3 Å². The first kappa shape index (κ1) is 16.4. The molecule has 0 saturated heterocycles. The van der Waals surface area contributed by atoms with Crippen molar-refractivity contribution in [3.05, 3.63) is 52.6 Å². The molecule has 0 aromatic carbocycles. The Balaban J connectivity index is 1.86. The van der Waals surface area contributed by atoms with Crippen LogP contribution in [0.4, 0.5) is 13.2 Å². The van der Waals surface area contributed by atoms with Crippen LogP contribution in [0.15, 0.2) is 29.9 Å². The van der Waals surface area contributed by atoms with Gasteiger partial charge in [0.2, 0.25) is 0 Å². The van der Waals surface area contributed by atoms with Crippen LogP contribution in [0.25, 0.3) is 5.13 Å². The van der Waals surface area contributed by atoms with Gasteiger partial charge in [0.05, 0.1) is 0 Å². The number of ketones is 1. The number of hydrogen-bond donors (Lipinski definition) is 0. The van der Waals surface area contributed by atoms with Crippen LogP contribution in [0, 0.1) is 13.8 Å². The Morgan fingerprint density at radius 1 is 1.33 bits per heavy atom. The fraction of sp³-hybridized carbons (Fsp3) is 0.267. The standard InChI is InChI=1S/C15H13F3N4OS/c1-9-7-11(10(2)22(9)14-19-4-6-24-14)12(23)8-21-5-3-13(20-21)15(16,17)18/h3-7H,8H2,1-2H3. The van der Waals surface area contributed by atoms with Crippen molar-refractivity contribution in [2.75, 3.05) is 0 Å². The lowest BCUT2D eigenvalue weighted by Gasteiger charge is -2.06. The van der Waals surface area contributed by atoms with E-state index in [0.717, 1.165) is 27.8 Å². The minimum absolute atomic E-state index is 0.252. The minimum Gasteiger partial charge on any atom is -0.294 e. The molecule has 0 aliphatic rings. The topological polar surface area (TPSA) is 52.7 Å². The van der Waals surface area contributed by atoms with Gasteiger partial charge in [-0.2, -0.15) is 18.3 Å². The van der Waals surface area contributed by atoms with Gasteiger partial charge >= 0.3 is 6.18 Å². The molecule has 0 atom stereocenters. The number of nitrogens with zero attached hydrogens (tertiary/aromatic N) is 4. The molecule has 0 amide bonds. The highest BCUT2D eigenvalue weighted by molar-refractivity contribution is 7.12. The van der Waals surface area contributed by atoms with Crippen molar-refractivity contribution >= 4 is 17.1 Å². The lowest BCUT2D eigenvalue weighted by atomic mass is 10.1. The first-order chi connectivity index (χ1) is 11.3. The Kier molecular flexibility index (Phi) is 4.04. The van der Waals surface area contributed by atoms with E-state index in [0.29, 0.717) is 11.3 Å². The van der Waals surface area contributed by atoms with Gasteiger partial charge < -0.3 is 0 Å². The van der Waals surface area contributed by atoms with Crippen LogP contribution in [-0.2, 0) is 12.7 Å². The van der Waals surface area contributed by atoms with Crippen LogP contribution >= 0.6 is 11.3 Å². The summed E-state index contributed by atoms with van der Waals surface area (Å²) in [5.74, 6) is -0.303. The molecule has 0 aliphatic carbocycles. The number of rotatable bonds is 4. The minimum atomic E-state index is -4.52. The summed E-state index contributed by atoms with van der Waals surface area (Å²) in [6, 6.07) is 2.57. The molecule has 5 nitrogen and oxygen atoms in total. The fourth-order valence-electron chi connectivity index (χ4n) is 2.50. The zero-order chi connectivity index (χ0) is 17.5. The van der Waals surface area contributed by atoms with Crippen LogP contribution in [0.3, 0.4) is 0 Å². The highest BCUT2D eigenvalue weighted by atomic mass is 32.1. The van der Waals surface area contributed by atoms with E-state index in [2.05, 4.69) is 10.1 Å². The van der Waals surface area contributed by atoms with Crippen LogP contribution in [0.1, 0.15) is 27.4 Å². The predicted octanol–water partition coefficient (Wildman–Crippen LogP) is 3.65. The van der Waals surface area contributed by atoms with E-state index in [1.54, 1.807) is 19.2 Å². The van der Waals surface area contributed by atoms with Crippen molar-refractivity contribution in [3.8, 4) is 5.13 Å². The Bertz CT molecular complexity index is 877. The number of Topliss-reactive ketones (excluding diaryl/α,β-unsaturated/α-hetero) is 1. The maximum atomic E-state index is 12.6. The van der Waals surface area contributed by atoms with Gasteiger partial charge in [-0.1, -0.05) is 0 Å². The second-order valence-electron chi connectivity index (χ2n) is 5.25. The van der Waals surface area contributed by atoms with Crippen molar-refractivity contribution in [1.29, 1.82) is 0 Å². The van der Waals surface area contributed by atoms with E-state index in [-0.39, 0.29) is 12.3 Å². The van der Waals surface area contributed by atoms with Crippen LogP contribution in [0.5, 0.6) is 0 Å². The van der Waals surface area contributed by atoms with Gasteiger partial charge in [0.1, 0.15) is 6.54 Å². The lowest BCUT2D eigenvalue weighted by Crippen LogP contribution is -2.14. The zero-order valence-electron chi connectivity index (χ0n) is 12.8. The van der Waals surface area contributed by atoms with Crippen LogP contribution in [0.2, 0.25) is 0 Å². The average molecular weight is 354 g/mol. The molecule has 3 aromatic rings. The van der Waals surface area contributed by atoms with E-state index < -0.39 is 11.9 Å². The number of carbonyl (C=O) groups is 1. The summed E-state index contributed by atoms with van der Waals surface area (Å²) in [4.78, 5) is 16.7. The van der Waals surface area contributed by atoms with E-state index in [1.807, 2.05) is 16.9 Å². The summed E-state index contributed by atoms with van der Waals surface area (Å²) >= 11 is 1.44. The van der Waals surface area contributed by atoms with Gasteiger partial charge in [-0.25, -0.2) is 4.98 Å². The molecule has 3 rings (SSSR count). The van der Waals surface area contributed by atoms with Gasteiger partial charge in [0, 0.05) is 34.7 Å². The molecule has 24 heavy (non-hydrogen) atoms. The highest BCUT2D eigenvalue weighted by Crippen LogP contribution is 2.27. The number of carbonyl (C=O) groups excluding carboxylic acids is 1. The van der Waals surface area contributed by atoms with E-state index in [9.17, 15) is 18.0 Å². The molecule has 126 valence electrons. The van der Waals surface area contributed by atoms with Crippen LogP contribution < -0.4 is 0 Å². The van der Waals surface area contributed by atoms with Gasteiger partial charge in [0.25, 0.3) is 0 Å². The van der Waals surface area contributed by atoms with Gasteiger partial charge in [-0.3, -0.25) is 14.0 Å². The SMILES string of the molecule is Cc1cc(C(=O)Cn2ccc(C(F)(F)F)n2)c(C)n1-c1nccs1. The maximum Gasteiger partial charge on any atom is 0.435 e. The van der Waals surface area contributed by atoms with Crippen molar-refractivity contribution in [2.45, 2.75) is 26.6 Å². The molecule has 0 N–H and O–H groups in total. The normalized spacial score (nSPS) is 11.9. The summed E-state index contributed by atoms with van der Waals surface area (Å²) < 4.78 is 40.6. The summed E-state index contributed by atoms with van der Waals surface area (Å²) in [5.41, 5.74) is 0.980. The Morgan fingerprint density at radius 3 is 2.67 bits per heavy atom. The molecule has 0 unspecified atom stereocenters. The second kappa shape index (κ2) is 5.90. The predicted molar refractivity (Wildman–Crippen MR) is 82.5 cm³/mol. The summed E-state index contributed by atoms with van der Waals surface area (Å²) in [7, 11) is 0. The Morgan fingerprint density at radius 2 is 2.08 bits per heavy atom. The zero-order valence-corrected chi connectivity index (χ0v) is 13.6. The third-order valence-corrected chi connectivity index (χ3v) is 4.34. The molecular formula is C15H13F3N4OS. The number of halogens is 3.